The van der Waals surface area contributed by atoms with E-state index in [1.165, 1.54) is 43.3 Å². The van der Waals surface area contributed by atoms with Crippen molar-refractivity contribution in [3.05, 3.63) is 76.1 Å². The molecule has 0 aliphatic rings. The van der Waals surface area contributed by atoms with Gasteiger partial charge in [0.1, 0.15) is 4.21 Å². The van der Waals surface area contributed by atoms with Gasteiger partial charge in [-0.3, -0.25) is 9.52 Å². The van der Waals surface area contributed by atoms with Crippen LogP contribution in [-0.2, 0) is 19.6 Å². The Morgan fingerprint density at radius 1 is 1.12 bits per heavy atom. The molecule has 2 N–H and O–H groups in total. The predicted octanol–water partition coefficient (Wildman–Crippen LogP) is 4.26. The number of halogens is 1. The SMILES string of the molecule is CC(OC(=O)c1ccccc1NS(=O)(=O)c1ccc(Cl)s1)C(=O)Nc1cccc(C#N)c1. The molecular formula is C21H16ClN3O5S2. The second-order valence-corrected chi connectivity index (χ2v) is 10.1. The number of hydrogen-bond acceptors (Lipinski definition) is 7. The summed E-state index contributed by atoms with van der Waals surface area (Å²) < 4.78 is 33.0. The molecule has 0 fully saturated rings. The van der Waals surface area contributed by atoms with Crippen LogP contribution < -0.4 is 10.0 Å². The highest BCUT2D eigenvalue weighted by Gasteiger charge is 2.24. The summed E-state index contributed by atoms with van der Waals surface area (Å²) in [6, 6.07) is 16.9. The van der Waals surface area contributed by atoms with Gasteiger partial charge in [-0.15, -0.1) is 11.3 Å². The molecule has 1 amide bonds. The second-order valence-electron chi connectivity index (χ2n) is 6.44. The molecule has 1 atom stereocenters. The van der Waals surface area contributed by atoms with Crippen molar-refractivity contribution in [2.45, 2.75) is 17.2 Å². The standard InChI is InChI=1S/C21H16ClN3O5S2/c1-13(20(26)24-15-6-4-5-14(11-15)12-23)30-21(27)16-7-2-3-8-17(16)25-32(28,29)19-10-9-18(22)31-19/h2-11,13,25H,1H3,(H,24,26). The molecule has 0 aliphatic heterocycles. The van der Waals surface area contributed by atoms with Crippen LogP contribution >= 0.6 is 22.9 Å². The van der Waals surface area contributed by atoms with Gasteiger partial charge in [0, 0.05) is 5.69 Å². The third-order valence-electron chi connectivity index (χ3n) is 4.12. The Morgan fingerprint density at radius 3 is 2.56 bits per heavy atom. The van der Waals surface area contributed by atoms with Gasteiger partial charge >= 0.3 is 5.97 Å². The maximum Gasteiger partial charge on any atom is 0.341 e. The van der Waals surface area contributed by atoms with Crippen LogP contribution in [0, 0.1) is 11.3 Å². The van der Waals surface area contributed by atoms with Gasteiger partial charge in [-0.05, 0) is 49.4 Å². The molecule has 3 aromatic rings. The van der Waals surface area contributed by atoms with Gasteiger partial charge in [-0.25, -0.2) is 13.2 Å². The number of benzene rings is 2. The van der Waals surface area contributed by atoms with Crippen LogP contribution in [0.25, 0.3) is 0 Å². The molecule has 2 aromatic carbocycles. The van der Waals surface area contributed by atoms with Crippen molar-refractivity contribution in [3.63, 3.8) is 0 Å². The van der Waals surface area contributed by atoms with E-state index in [0.717, 1.165) is 11.3 Å². The van der Waals surface area contributed by atoms with Crippen molar-refractivity contribution in [1.82, 2.24) is 0 Å². The molecule has 0 spiro atoms. The molecule has 1 heterocycles. The average molecular weight is 490 g/mol. The number of para-hydroxylation sites is 1. The van der Waals surface area contributed by atoms with Crippen LogP contribution in [0.1, 0.15) is 22.8 Å². The first kappa shape index (κ1) is 23.3. The van der Waals surface area contributed by atoms with Gasteiger partial charge in [0.05, 0.1) is 27.2 Å². The number of sulfonamides is 1. The highest BCUT2D eigenvalue weighted by atomic mass is 35.5. The quantitative estimate of drug-likeness (QED) is 0.477. The molecule has 0 bridgehead atoms. The van der Waals surface area contributed by atoms with Crippen LogP contribution in [0.2, 0.25) is 4.34 Å². The number of rotatable bonds is 7. The van der Waals surface area contributed by atoms with Crippen molar-refractivity contribution in [1.29, 1.82) is 5.26 Å². The molecule has 8 nitrogen and oxygen atoms in total. The summed E-state index contributed by atoms with van der Waals surface area (Å²) in [5, 5.41) is 11.5. The largest absolute Gasteiger partial charge is 0.449 e. The van der Waals surface area contributed by atoms with Gasteiger partial charge in [0.15, 0.2) is 6.10 Å². The number of carbonyl (C=O) groups is 2. The fraction of sp³-hybridized carbons (Fsp3) is 0.0952. The normalized spacial score (nSPS) is 11.8. The molecule has 0 radical (unpaired) electrons. The third-order valence-corrected chi connectivity index (χ3v) is 7.21. The molecule has 1 unspecified atom stereocenters. The average Bonchev–Trinajstić information content (AvgIpc) is 3.21. The van der Waals surface area contributed by atoms with Crippen LogP contribution in [0.15, 0.2) is 64.9 Å². The lowest BCUT2D eigenvalue weighted by molar-refractivity contribution is -0.123. The van der Waals surface area contributed by atoms with E-state index in [1.807, 2.05) is 6.07 Å². The lowest BCUT2D eigenvalue weighted by atomic mass is 10.2. The molecular weight excluding hydrogens is 474 g/mol. The molecule has 11 heteroatoms. The number of thiophene rings is 1. The zero-order chi connectivity index (χ0) is 23.3. The van der Waals surface area contributed by atoms with Crippen molar-refractivity contribution in [2.75, 3.05) is 10.0 Å². The first-order valence-electron chi connectivity index (χ1n) is 9.09. The number of esters is 1. The van der Waals surface area contributed by atoms with Gasteiger partial charge in [-0.2, -0.15) is 5.26 Å². The van der Waals surface area contributed by atoms with Crippen LogP contribution in [0.4, 0.5) is 11.4 Å². The minimum Gasteiger partial charge on any atom is -0.449 e. The summed E-state index contributed by atoms with van der Waals surface area (Å²) in [5.74, 6) is -1.50. The fourth-order valence-corrected chi connectivity index (χ4v) is 5.14. The highest BCUT2D eigenvalue weighted by molar-refractivity contribution is 7.94. The fourth-order valence-electron chi connectivity index (χ4n) is 2.58. The molecule has 3 rings (SSSR count). The van der Waals surface area contributed by atoms with E-state index in [0.29, 0.717) is 15.6 Å². The van der Waals surface area contributed by atoms with Crippen LogP contribution in [0.3, 0.4) is 0 Å². The van der Waals surface area contributed by atoms with Crippen molar-refractivity contribution >= 4 is 56.2 Å². The summed E-state index contributed by atoms with van der Waals surface area (Å²) in [6.45, 7) is 1.38. The van der Waals surface area contributed by atoms with E-state index in [9.17, 15) is 18.0 Å². The number of nitriles is 1. The summed E-state index contributed by atoms with van der Waals surface area (Å²) in [5.41, 5.74) is 0.668. The number of ether oxygens (including phenoxy) is 1. The zero-order valence-corrected chi connectivity index (χ0v) is 18.9. The predicted molar refractivity (Wildman–Crippen MR) is 121 cm³/mol. The van der Waals surface area contributed by atoms with Crippen LogP contribution in [-0.4, -0.2) is 26.4 Å². The Labute approximate surface area is 193 Å². The van der Waals surface area contributed by atoms with Crippen molar-refractivity contribution in [3.8, 4) is 6.07 Å². The summed E-state index contributed by atoms with van der Waals surface area (Å²) in [7, 11) is -3.97. The summed E-state index contributed by atoms with van der Waals surface area (Å²) >= 11 is 6.68. The monoisotopic (exact) mass is 489 g/mol. The van der Waals surface area contributed by atoms with E-state index in [4.69, 9.17) is 21.6 Å². The molecule has 0 saturated heterocycles. The number of carbonyl (C=O) groups excluding carboxylic acids is 2. The Hall–Kier alpha value is -3.39. The van der Waals surface area contributed by atoms with E-state index < -0.39 is 28.0 Å². The lowest BCUT2D eigenvalue weighted by Gasteiger charge is -2.15. The van der Waals surface area contributed by atoms with Gasteiger partial charge in [0.25, 0.3) is 15.9 Å². The first-order valence-corrected chi connectivity index (χ1v) is 11.8. The summed E-state index contributed by atoms with van der Waals surface area (Å²) in [4.78, 5) is 25.0. The maximum atomic E-state index is 12.7. The highest BCUT2D eigenvalue weighted by Crippen LogP contribution is 2.28. The van der Waals surface area contributed by atoms with E-state index in [1.54, 1.807) is 24.3 Å². The first-order chi connectivity index (χ1) is 15.2. The van der Waals surface area contributed by atoms with Gasteiger partial charge < -0.3 is 10.1 Å². The summed E-state index contributed by atoms with van der Waals surface area (Å²) in [6.07, 6.45) is -1.19. The molecule has 0 saturated carbocycles. The topological polar surface area (TPSA) is 125 Å². The number of amides is 1. The third kappa shape index (κ3) is 5.64. The minimum absolute atomic E-state index is 0.00338. The van der Waals surface area contributed by atoms with Crippen molar-refractivity contribution in [2.24, 2.45) is 0 Å². The Morgan fingerprint density at radius 2 is 1.88 bits per heavy atom. The zero-order valence-electron chi connectivity index (χ0n) is 16.5. The van der Waals surface area contributed by atoms with Gasteiger partial charge in [0.2, 0.25) is 0 Å². The second kappa shape index (κ2) is 9.82. The number of nitrogens with one attached hydrogen (secondary N) is 2. The number of anilines is 2. The number of nitrogens with zero attached hydrogens (tertiary/aromatic N) is 1. The lowest BCUT2D eigenvalue weighted by Crippen LogP contribution is -2.30. The minimum atomic E-state index is -3.97. The molecule has 164 valence electrons. The molecule has 0 aliphatic carbocycles. The maximum absolute atomic E-state index is 12.7. The van der Waals surface area contributed by atoms with Gasteiger partial charge in [-0.1, -0.05) is 29.8 Å². The van der Waals surface area contributed by atoms with E-state index in [-0.39, 0.29) is 15.5 Å². The van der Waals surface area contributed by atoms with E-state index in [2.05, 4.69) is 10.0 Å². The number of hydrogen-bond donors (Lipinski definition) is 2. The Kier molecular flexibility index (Phi) is 7.15. The Bertz CT molecular complexity index is 1310. The van der Waals surface area contributed by atoms with E-state index >= 15 is 0 Å². The molecule has 32 heavy (non-hydrogen) atoms. The van der Waals surface area contributed by atoms with Crippen LogP contribution in [0.5, 0.6) is 0 Å². The van der Waals surface area contributed by atoms with Crippen molar-refractivity contribution < 1.29 is 22.7 Å². The smallest absolute Gasteiger partial charge is 0.341 e. The molecule has 1 aromatic heterocycles. The Balaban J connectivity index is 1.72.